The highest BCUT2D eigenvalue weighted by molar-refractivity contribution is 6.12. The molecule has 0 saturated heterocycles. The summed E-state index contributed by atoms with van der Waals surface area (Å²) in [4.78, 5) is 0. The Morgan fingerprint density at radius 1 is 1.06 bits per heavy atom. The Balaban J connectivity index is 2.15. The maximum Gasteiger partial charge on any atom is 0.141 e. The highest BCUT2D eigenvalue weighted by Gasteiger charge is 2.05. The first kappa shape index (κ1) is 11.9. The van der Waals surface area contributed by atoms with Crippen LogP contribution in [0.4, 0.5) is 5.69 Å². The van der Waals surface area contributed by atoms with Crippen LogP contribution in [0.2, 0.25) is 0 Å². The van der Waals surface area contributed by atoms with Gasteiger partial charge in [-0.3, -0.25) is 5.41 Å². The first-order valence-electron chi connectivity index (χ1n) is 5.67. The molecule has 0 spiro atoms. The summed E-state index contributed by atoms with van der Waals surface area (Å²) in [5.41, 5.74) is 2.59. The lowest BCUT2D eigenvalue weighted by Gasteiger charge is -2.10. The first-order chi connectivity index (χ1) is 8.81. The Kier molecular flexibility index (Phi) is 3.72. The van der Waals surface area contributed by atoms with Crippen molar-refractivity contribution in [3.05, 3.63) is 65.7 Å². The standard InChI is InChI=1S/C15H13N3/c16-10-14(17)13-8-4-5-9-15(13)18-11-12-6-2-1-3-7-12/h1-9,17-18H,11H2. The third-order valence-electron chi connectivity index (χ3n) is 2.63. The molecule has 0 aromatic heterocycles. The van der Waals surface area contributed by atoms with Gasteiger partial charge in [0.2, 0.25) is 0 Å². The lowest BCUT2D eigenvalue weighted by atomic mass is 10.1. The van der Waals surface area contributed by atoms with Crippen molar-refractivity contribution in [3.8, 4) is 6.07 Å². The van der Waals surface area contributed by atoms with Crippen molar-refractivity contribution in [3.63, 3.8) is 0 Å². The molecule has 0 aliphatic rings. The zero-order chi connectivity index (χ0) is 12.8. The van der Waals surface area contributed by atoms with E-state index in [4.69, 9.17) is 10.7 Å². The van der Waals surface area contributed by atoms with Gasteiger partial charge in [-0.2, -0.15) is 5.26 Å². The largest absolute Gasteiger partial charge is 0.380 e. The van der Waals surface area contributed by atoms with Gasteiger partial charge in [-0.05, 0) is 17.7 Å². The highest BCUT2D eigenvalue weighted by atomic mass is 14.9. The summed E-state index contributed by atoms with van der Waals surface area (Å²) in [6.45, 7) is 0.677. The van der Waals surface area contributed by atoms with E-state index in [1.165, 1.54) is 0 Å². The smallest absolute Gasteiger partial charge is 0.141 e. The average Bonchev–Trinajstić information content (AvgIpc) is 2.45. The SMILES string of the molecule is N#CC(=N)c1ccccc1NCc1ccccc1. The zero-order valence-electron chi connectivity index (χ0n) is 9.85. The van der Waals surface area contributed by atoms with Crippen molar-refractivity contribution in [1.82, 2.24) is 0 Å². The maximum atomic E-state index is 8.80. The summed E-state index contributed by atoms with van der Waals surface area (Å²) in [5.74, 6) is 0. The average molecular weight is 235 g/mol. The molecule has 3 heteroatoms. The van der Waals surface area contributed by atoms with E-state index in [9.17, 15) is 0 Å². The summed E-state index contributed by atoms with van der Waals surface area (Å²) in [6, 6.07) is 19.3. The van der Waals surface area contributed by atoms with E-state index < -0.39 is 0 Å². The fourth-order valence-electron chi connectivity index (χ4n) is 1.71. The number of rotatable bonds is 4. The van der Waals surface area contributed by atoms with Crippen LogP contribution in [0.5, 0.6) is 0 Å². The second kappa shape index (κ2) is 5.65. The van der Waals surface area contributed by atoms with Gasteiger partial charge in [-0.25, -0.2) is 0 Å². The Morgan fingerprint density at radius 3 is 2.44 bits per heavy atom. The molecule has 18 heavy (non-hydrogen) atoms. The van der Waals surface area contributed by atoms with E-state index in [0.29, 0.717) is 12.1 Å². The van der Waals surface area contributed by atoms with Gasteiger partial charge in [0.05, 0.1) is 0 Å². The number of nitrogens with one attached hydrogen (secondary N) is 2. The van der Waals surface area contributed by atoms with Crippen LogP contribution in [-0.2, 0) is 6.54 Å². The minimum absolute atomic E-state index is 0.0221. The van der Waals surface area contributed by atoms with Crippen LogP contribution in [0.1, 0.15) is 11.1 Å². The van der Waals surface area contributed by atoms with Gasteiger partial charge in [0.15, 0.2) is 0 Å². The van der Waals surface area contributed by atoms with Gasteiger partial charge in [0.1, 0.15) is 11.8 Å². The zero-order valence-corrected chi connectivity index (χ0v) is 9.85. The number of hydrogen-bond acceptors (Lipinski definition) is 3. The molecule has 2 aromatic carbocycles. The number of para-hydroxylation sites is 1. The number of anilines is 1. The lowest BCUT2D eigenvalue weighted by molar-refractivity contribution is 1.15. The molecule has 0 aliphatic carbocycles. The van der Waals surface area contributed by atoms with Crippen molar-refractivity contribution < 1.29 is 0 Å². The van der Waals surface area contributed by atoms with Crippen LogP contribution < -0.4 is 5.32 Å². The molecule has 88 valence electrons. The molecule has 0 saturated carbocycles. The van der Waals surface area contributed by atoms with Crippen LogP contribution in [0.15, 0.2) is 54.6 Å². The molecule has 0 atom stereocenters. The van der Waals surface area contributed by atoms with E-state index in [-0.39, 0.29) is 5.71 Å². The predicted molar refractivity (Wildman–Crippen MR) is 72.7 cm³/mol. The first-order valence-corrected chi connectivity index (χ1v) is 5.67. The highest BCUT2D eigenvalue weighted by Crippen LogP contribution is 2.16. The number of benzene rings is 2. The molecule has 2 rings (SSSR count). The number of nitrogens with zero attached hydrogens (tertiary/aromatic N) is 1. The predicted octanol–water partition coefficient (Wildman–Crippen LogP) is 3.19. The van der Waals surface area contributed by atoms with E-state index in [1.807, 2.05) is 54.6 Å². The van der Waals surface area contributed by atoms with Crippen LogP contribution in [0.3, 0.4) is 0 Å². The molecule has 3 nitrogen and oxygen atoms in total. The van der Waals surface area contributed by atoms with Crippen molar-refractivity contribution in [2.24, 2.45) is 0 Å². The minimum atomic E-state index is -0.0221. The third kappa shape index (κ3) is 2.74. The Labute approximate surface area is 106 Å². The van der Waals surface area contributed by atoms with Crippen LogP contribution in [-0.4, -0.2) is 5.71 Å². The van der Waals surface area contributed by atoms with E-state index >= 15 is 0 Å². The minimum Gasteiger partial charge on any atom is -0.380 e. The van der Waals surface area contributed by atoms with Crippen molar-refractivity contribution in [1.29, 1.82) is 10.7 Å². The van der Waals surface area contributed by atoms with Crippen molar-refractivity contribution in [2.75, 3.05) is 5.32 Å². The van der Waals surface area contributed by atoms with E-state index in [1.54, 1.807) is 6.07 Å². The maximum absolute atomic E-state index is 8.80. The van der Waals surface area contributed by atoms with Gasteiger partial charge in [0.25, 0.3) is 0 Å². The third-order valence-corrected chi connectivity index (χ3v) is 2.63. The van der Waals surface area contributed by atoms with Crippen LogP contribution >= 0.6 is 0 Å². The van der Waals surface area contributed by atoms with E-state index in [2.05, 4.69) is 5.32 Å². The Hall–Kier alpha value is -2.60. The Bertz CT molecular complexity index is 582. The second-order valence-electron chi connectivity index (χ2n) is 3.87. The molecule has 0 bridgehead atoms. The van der Waals surface area contributed by atoms with Crippen LogP contribution in [0, 0.1) is 16.7 Å². The molecule has 2 N–H and O–H groups in total. The lowest BCUT2D eigenvalue weighted by Crippen LogP contribution is -2.05. The van der Waals surface area contributed by atoms with Gasteiger partial charge in [-0.1, -0.05) is 42.5 Å². The molecule has 0 radical (unpaired) electrons. The quantitative estimate of drug-likeness (QED) is 0.799. The monoisotopic (exact) mass is 235 g/mol. The Morgan fingerprint density at radius 2 is 1.72 bits per heavy atom. The normalized spacial score (nSPS) is 9.50. The topological polar surface area (TPSA) is 59.7 Å². The molecule has 0 unspecified atom stereocenters. The van der Waals surface area contributed by atoms with Crippen molar-refractivity contribution in [2.45, 2.75) is 6.54 Å². The molecular formula is C15H13N3. The molecule has 0 amide bonds. The van der Waals surface area contributed by atoms with Gasteiger partial charge < -0.3 is 5.32 Å². The summed E-state index contributed by atoms with van der Waals surface area (Å²) in [5, 5.41) is 19.6. The molecule has 2 aromatic rings. The molecule has 0 heterocycles. The van der Waals surface area contributed by atoms with Crippen LogP contribution in [0.25, 0.3) is 0 Å². The van der Waals surface area contributed by atoms with E-state index in [0.717, 1.165) is 11.3 Å². The summed E-state index contributed by atoms with van der Waals surface area (Å²) in [6.07, 6.45) is 0. The molecule has 0 aliphatic heterocycles. The number of hydrogen-bond donors (Lipinski definition) is 2. The van der Waals surface area contributed by atoms with Crippen molar-refractivity contribution >= 4 is 11.4 Å². The number of nitriles is 1. The van der Waals surface area contributed by atoms with Gasteiger partial charge in [0, 0.05) is 17.8 Å². The van der Waals surface area contributed by atoms with Gasteiger partial charge >= 0.3 is 0 Å². The second-order valence-corrected chi connectivity index (χ2v) is 3.87. The summed E-state index contributed by atoms with van der Waals surface area (Å²) >= 11 is 0. The summed E-state index contributed by atoms with van der Waals surface area (Å²) < 4.78 is 0. The fraction of sp³-hybridized carbons (Fsp3) is 0.0667. The fourth-order valence-corrected chi connectivity index (χ4v) is 1.71. The summed E-state index contributed by atoms with van der Waals surface area (Å²) in [7, 11) is 0. The molecular weight excluding hydrogens is 222 g/mol. The van der Waals surface area contributed by atoms with Gasteiger partial charge in [-0.15, -0.1) is 0 Å². The molecule has 0 fully saturated rings.